The summed E-state index contributed by atoms with van der Waals surface area (Å²) in [5.41, 5.74) is 1.83. The van der Waals surface area contributed by atoms with Gasteiger partial charge in [-0.25, -0.2) is 9.07 Å². The highest BCUT2D eigenvalue weighted by molar-refractivity contribution is 5.31. The van der Waals surface area contributed by atoms with E-state index < -0.39 is 0 Å². The van der Waals surface area contributed by atoms with E-state index in [0.29, 0.717) is 13.1 Å². The van der Waals surface area contributed by atoms with Crippen molar-refractivity contribution >= 4 is 0 Å². The van der Waals surface area contributed by atoms with E-state index in [2.05, 4.69) is 10.4 Å². The van der Waals surface area contributed by atoms with Crippen LogP contribution in [0.3, 0.4) is 0 Å². The number of aromatic nitrogens is 2. The van der Waals surface area contributed by atoms with Gasteiger partial charge in [-0.15, -0.1) is 0 Å². The van der Waals surface area contributed by atoms with Gasteiger partial charge in [0, 0.05) is 24.8 Å². The molecule has 1 heterocycles. The number of hydrogen-bond donors (Lipinski definition) is 2. The van der Waals surface area contributed by atoms with Crippen LogP contribution in [0.2, 0.25) is 0 Å². The van der Waals surface area contributed by atoms with Gasteiger partial charge in [0.15, 0.2) is 0 Å². The molecule has 18 heavy (non-hydrogen) atoms. The van der Waals surface area contributed by atoms with Crippen LogP contribution >= 0.6 is 0 Å². The molecule has 0 amide bonds. The van der Waals surface area contributed by atoms with Gasteiger partial charge in [-0.2, -0.15) is 5.10 Å². The molecule has 0 aliphatic rings. The van der Waals surface area contributed by atoms with Crippen LogP contribution in [0, 0.1) is 5.82 Å². The van der Waals surface area contributed by atoms with Crippen LogP contribution in [-0.4, -0.2) is 27.5 Å². The summed E-state index contributed by atoms with van der Waals surface area (Å²) in [5, 5.41) is 16.4. The number of nitrogens with one attached hydrogen (secondary N) is 1. The second kappa shape index (κ2) is 5.75. The van der Waals surface area contributed by atoms with Gasteiger partial charge in [-0.3, -0.25) is 0 Å². The molecule has 0 saturated heterocycles. The zero-order chi connectivity index (χ0) is 13.0. The highest BCUT2D eigenvalue weighted by atomic mass is 19.1. The van der Waals surface area contributed by atoms with Gasteiger partial charge in [0.1, 0.15) is 5.82 Å². The summed E-state index contributed by atoms with van der Waals surface area (Å²) in [7, 11) is 0. The van der Waals surface area contributed by atoms with E-state index in [0.717, 1.165) is 11.3 Å². The molecule has 0 spiro atoms. The summed E-state index contributed by atoms with van der Waals surface area (Å²) in [6.45, 7) is 2.92. The molecule has 96 valence electrons. The maximum absolute atomic E-state index is 12.8. The van der Waals surface area contributed by atoms with E-state index in [4.69, 9.17) is 5.11 Å². The number of aliphatic hydroxyl groups is 1. The Bertz CT molecular complexity index is 493. The number of halogens is 1. The summed E-state index contributed by atoms with van der Waals surface area (Å²) in [6.07, 6.45) is 3.26. The van der Waals surface area contributed by atoms with Crippen LogP contribution in [0.5, 0.6) is 0 Å². The van der Waals surface area contributed by atoms with Crippen molar-refractivity contribution in [2.75, 3.05) is 6.54 Å². The monoisotopic (exact) mass is 249 g/mol. The van der Waals surface area contributed by atoms with Crippen LogP contribution in [0.25, 0.3) is 5.69 Å². The van der Waals surface area contributed by atoms with Crippen LogP contribution in [-0.2, 0) is 6.54 Å². The molecule has 0 unspecified atom stereocenters. The van der Waals surface area contributed by atoms with Crippen molar-refractivity contribution in [3.05, 3.63) is 48.0 Å². The lowest BCUT2D eigenvalue weighted by molar-refractivity contribution is 0.191. The number of nitrogens with zero attached hydrogens (tertiary/aromatic N) is 2. The van der Waals surface area contributed by atoms with E-state index in [9.17, 15) is 4.39 Å². The third-order valence-corrected chi connectivity index (χ3v) is 2.50. The number of benzene rings is 1. The molecule has 0 radical (unpaired) electrons. The first-order chi connectivity index (χ1) is 8.65. The first-order valence-electron chi connectivity index (χ1n) is 5.83. The smallest absolute Gasteiger partial charge is 0.123 e. The zero-order valence-electron chi connectivity index (χ0n) is 10.2. The Morgan fingerprint density at radius 1 is 1.39 bits per heavy atom. The Labute approximate surface area is 105 Å². The van der Waals surface area contributed by atoms with Gasteiger partial charge in [0.25, 0.3) is 0 Å². The van der Waals surface area contributed by atoms with Gasteiger partial charge >= 0.3 is 0 Å². The Morgan fingerprint density at radius 3 is 2.78 bits per heavy atom. The van der Waals surface area contributed by atoms with E-state index >= 15 is 0 Å². The van der Waals surface area contributed by atoms with Crippen LogP contribution in [0.4, 0.5) is 4.39 Å². The average Bonchev–Trinajstić information content (AvgIpc) is 2.78. The zero-order valence-corrected chi connectivity index (χ0v) is 10.2. The fraction of sp³-hybridized carbons (Fsp3) is 0.308. The van der Waals surface area contributed by atoms with E-state index in [-0.39, 0.29) is 11.9 Å². The fourth-order valence-corrected chi connectivity index (χ4v) is 1.61. The van der Waals surface area contributed by atoms with Gasteiger partial charge < -0.3 is 10.4 Å². The molecule has 2 aromatic rings. The maximum Gasteiger partial charge on any atom is 0.123 e. The first-order valence-corrected chi connectivity index (χ1v) is 5.83. The van der Waals surface area contributed by atoms with Crippen molar-refractivity contribution in [2.24, 2.45) is 0 Å². The van der Waals surface area contributed by atoms with Crippen molar-refractivity contribution in [3.63, 3.8) is 0 Å². The fourth-order valence-electron chi connectivity index (χ4n) is 1.61. The summed E-state index contributed by atoms with van der Waals surface area (Å²) in [6, 6.07) is 6.16. The van der Waals surface area contributed by atoms with Crippen molar-refractivity contribution in [1.29, 1.82) is 0 Å². The molecule has 0 saturated carbocycles. The Hall–Kier alpha value is -1.72. The molecule has 0 bridgehead atoms. The third kappa shape index (κ3) is 3.38. The van der Waals surface area contributed by atoms with Gasteiger partial charge in [-0.05, 0) is 31.2 Å². The molecular formula is C13H16FN3O. The highest BCUT2D eigenvalue weighted by Gasteiger charge is 2.02. The van der Waals surface area contributed by atoms with Crippen LogP contribution < -0.4 is 5.32 Å². The first kappa shape index (κ1) is 12.7. The maximum atomic E-state index is 12.8. The predicted molar refractivity (Wildman–Crippen MR) is 66.9 cm³/mol. The van der Waals surface area contributed by atoms with E-state index in [1.807, 2.05) is 6.20 Å². The van der Waals surface area contributed by atoms with E-state index in [1.165, 1.54) is 12.1 Å². The molecule has 0 fully saturated rings. The number of aliphatic hydroxyl groups excluding tert-OH is 1. The van der Waals surface area contributed by atoms with Gasteiger partial charge in [-0.1, -0.05) is 0 Å². The number of rotatable bonds is 5. The Balaban J connectivity index is 1.99. The second-order valence-corrected chi connectivity index (χ2v) is 4.25. The molecule has 2 N–H and O–H groups in total. The molecule has 2 rings (SSSR count). The summed E-state index contributed by atoms with van der Waals surface area (Å²) in [4.78, 5) is 0. The molecule has 4 nitrogen and oxygen atoms in total. The topological polar surface area (TPSA) is 50.1 Å². The lowest BCUT2D eigenvalue weighted by atomic mass is 10.3. The van der Waals surface area contributed by atoms with Crippen molar-refractivity contribution < 1.29 is 9.50 Å². The molecule has 5 heteroatoms. The van der Waals surface area contributed by atoms with Crippen LogP contribution in [0.1, 0.15) is 12.5 Å². The van der Waals surface area contributed by atoms with Crippen molar-refractivity contribution in [3.8, 4) is 5.69 Å². The predicted octanol–water partition coefficient (Wildman–Crippen LogP) is 1.48. The standard InChI is InChI=1S/C13H16FN3O/c1-10(18)6-15-7-11-8-16-17(9-11)13-4-2-12(14)3-5-13/h2-5,8-10,15,18H,6-7H2,1H3/t10-/m1/s1. The largest absolute Gasteiger partial charge is 0.392 e. The minimum Gasteiger partial charge on any atom is -0.392 e. The molecule has 0 aliphatic carbocycles. The third-order valence-electron chi connectivity index (χ3n) is 2.50. The van der Waals surface area contributed by atoms with E-state index in [1.54, 1.807) is 29.9 Å². The SMILES string of the molecule is C[C@@H](O)CNCc1cnn(-c2ccc(F)cc2)c1. The lowest BCUT2D eigenvalue weighted by Crippen LogP contribution is -2.23. The quantitative estimate of drug-likeness (QED) is 0.844. The summed E-state index contributed by atoms with van der Waals surface area (Å²) < 4.78 is 14.5. The lowest BCUT2D eigenvalue weighted by Gasteiger charge is -2.04. The summed E-state index contributed by atoms with van der Waals surface area (Å²) >= 11 is 0. The average molecular weight is 249 g/mol. The molecule has 1 aromatic heterocycles. The van der Waals surface area contributed by atoms with Gasteiger partial charge in [0.05, 0.1) is 18.0 Å². The van der Waals surface area contributed by atoms with Crippen molar-refractivity contribution in [1.82, 2.24) is 15.1 Å². The summed E-state index contributed by atoms with van der Waals surface area (Å²) in [5.74, 6) is -0.260. The molecule has 1 aromatic carbocycles. The van der Waals surface area contributed by atoms with Gasteiger partial charge in [0.2, 0.25) is 0 Å². The van der Waals surface area contributed by atoms with Crippen molar-refractivity contribution in [2.45, 2.75) is 19.6 Å². The molecule has 0 aliphatic heterocycles. The second-order valence-electron chi connectivity index (χ2n) is 4.25. The molecule has 1 atom stereocenters. The normalized spacial score (nSPS) is 12.6. The van der Waals surface area contributed by atoms with Crippen LogP contribution in [0.15, 0.2) is 36.7 Å². The number of hydrogen-bond acceptors (Lipinski definition) is 3. The Kier molecular flexibility index (Phi) is 4.07. The molecular weight excluding hydrogens is 233 g/mol. The minimum atomic E-state index is -0.364. The minimum absolute atomic E-state index is 0.260. The Morgan fingerprint density at radius 2 is 2.11 bits per heavy atom. The highest BCUT2D eigenvalue weighted by Crippen LogP contribution is 2.09.